The van der Waals surface area contributed by atoms with E-state index in [1.54, 1.807) is 21.3 Å². The first-order valence-electron chi connectivity index (χ1n) is 5.62. The summed E-state index contributed by atoms with van der Waals surface area (Å²) < 4.78 is 16.0. The van der Waals surface area contributed by atoms with E-state index in [4.69, 9.17) is 14.2 Å². The number of thiazole rings is 1. The van der Waals surface area contributed by atoms with Gasteiger partial charge in [-0.2, -0.15) is 0 Å². The van der Waals surface area contributed by atoms with E-state index in [-0.39, 0.29) is 0 Å². The van der Waals surface area contributed by atoms with E-state index in [9.17, 15) is 0 Å². The third kappa shape index (κ3) is 3.08. The first-order chi connectivity index (χ1) is 9.28. The standard InChI is InChI=1S/C13H15N2O3S/c1-16-9-4-11(17-2)10(12(5-9)18-3)6-14-13-7-19-8-15-13/h4-5,7,14H,6H2,1-3H3. The summed E-state index contributed by atoms with van der Waals surface area (Å²) in [6, 6.07) is 3.65. The highest BCUT2D eigenvalue weighted by atomic mass is 32.1. The monoisotopic (exact) mass is 279 g/mol. The molecule has 0 saturated heterocycles. The summed E-state index contributed by atoms with van der Waals surface area (Å²) in [7, 11) is 4.85. The molecule has 0 amide bonds. The van der Waals surface area contributed by atoms with Crippen molar-refractivity contribution in [3.05, 3.63) is 28.6 Å². The van der Waals surface area contributed by atoms with E-state index in [2.05, 4.69) is 15.8 Å². The molecule has 0 bridgehead atoms. The molecule has 0 aliphatic carbocycles. The average Bonchev–Trinajstić information content (AvgIpc) is 2.97. The molecule has 1 radical (unpaired) electrons. The van der Waals surface area contributed by atoms with Crippen LogP contribution in [-0.4, -0.2) is 26.3 Å². The lowest BCUT2D eigenvalue weighted by molar-refractivity contribution is 0.369. The molecule has 5 nitrogen and oxygen atoms in total. The molecule has 1 heterocycles. The number of anilines is 1. The number of nitrogens with one attached hydrogen (secondary N) is 1. The van der Waals surface area contributed by atoms with Gasteiger partial charge in [0.2, 0.25) is 0 Å². The maximum Gasteiger partial charge on any atom is 0.154 e. The zero-order valence-electron chi connectivity index (χ0n) is 11.0. The summed E-state index contributed by atoms with van der Waals surface area (Å²) in [5, 5.41) is 5.09. The first-order valence-corrected chi connectivity index (χ1v) is 6.50. The number of hydrogen-bond donors (Lipinski definition) is 1. The molecule has 0 aliphatic rings. The Morgan fingerprint density at radius 2 is 1.84 bits per heavy atom. The van der Waals surface area contributed by atoms with Gasteiger partial charge in [0, 0.05) is 24.1 Å². The van der Waals surface area contributed by atoms with Crippen molar-refractivity contribution >= 4 is 17.2 Å². The Morgan fingerprint density at radius 1 is 1.16 bits per heavy atom. The molecule has 1 aromatic carbocycles. The van der Waals surface area contributed by atoms with Gasteiger partial charge in [0.05, 0.1) is 26.9 Å². The fourth-order valence-corrected chi connectivity index (χ4v) is 2.15. The zero-order chi connectivity index (χ0) is 13.7. The quantitative estimate of drug-likeness (QED) is 0.880. The molecule has 0 unspecified atom stereocenters. The molecule has 2 rings (SSSR count). The van der Waals surface area contributed by atoms with Gasteiger partial charge in [0.25, 0.3) is 0 Å². The van der Waals surface area contributed by atoms with Crippen molar-refractivity contribution in [2.75, 3.05) is 26.6 Å². The van der Waals surface area contributed by atoms with E-state index >= 15 is 0 Å². The van der Waals surface area contributed by atoms with Crippen LogP contribution in [0, 0.1) is 5.51 Å². The van der Waals surface area contributed by atoms with Gasteiger partial charge in [-0.15, -0.1) is 11.3 Å². The van der Waals surface area contributed by atoms with Gasteiger partial charge in [-0.25, -0.2) is 4.98 Å². The molecule has 1 aromatic heterocycles. The lowest BCUT2D eigenvalue weighted by atomic mass is 10.1. The number of nitrogens with zero attached hydrogens (tertiary/aromatic N) is 1. The van der Waals surface area contributed by atoms with E-state index in [0.717, 1.165) is 11.4 Å². The molecule has 19 heavy (non-hydrogen) atoms. The normalized spacial score (nSPS) is 10.1. The Kier molecular flexibility index (Phi) is 4.46. The molecule has 0 fully saturated rings. The summed E-state index contributed by atoms with van der Waals surface area (Å²) in [4.78, 5) is 4.05. The highest BCUT2D eigenvalue weighted by molar-refractivity contribution is 7.07. The van der Waals surface area contributed by atoms with Gasteiger partial charge >= 0.3 is 0 Å². The lowest BCUT2D eigenvalue weighted by Gasteiger charge is -2.15. The van der Waals surface area contributed by atoms with E-state index < -0.39 is 0 Å². The lowest BCUT2D eigenvalue weighted by Crippen LogP contribution is -2.04. The van der Waals surface area contributed by atoms with E-state index in [0.29, 0.717) is 23.8 Å². The molecule has 0 aliphatic heterocycles. The van der Waals surface area contributed by atoms with Crippen LogP contribution in [0.3, 0.4) is 0 Å². The van der Waals surface area contributed by atoms with E-state index in [1.807, 2.05) is 17.5 Å². The van der Waals surface area contributed by atoms with Crippen LogP contribution in [0.1, 0.15) is 5.56 Å². The number of benzene rings is 1. The topological polar surface area (TPSA) is 52.6 Å². The Bertz CT molecular complexity index is 504. The van der Waals surface area contributed by atoms with Crippen LogP contribution in [0.4, 0.5) is 5.82 Å². The molecule has 0 atom stereocenters. The number of methoxy groups -OCH3 is 3. The summed E-state index contributed by atoms with van der Waals surface area (Å²) >= 11 is 1.42. The van der Waals surface area contributed by atoms with Crippen LogP contribution in [0.25, 0.3) is 0 Å². The second kappa shape index (κ2) is 6.29. The predicted molar refractivity (Wildman–Crippen MR) is 74.4 cm³/mol. The molecule has 0 saturated carbocycles. The predicted octanol–water partition coefficient (Wildman–Crippen LogP) is 2.58. The smallest absolute Gasteiger partial charge is 0.154 e. The average molecular weight is 279 g/mol. The van der Waals surface area contributed by atoms with Gasteiger partial charge in [-0.3, -0.25) is 0 Å². The van der Waals surface area contributed by atoms with Crippen molar-refractivity contribution in [2.24, 2.45) is 0 Å². The first kappa shape index (κ1) is 13.5. The number of ether oxygens (including phenoxy) is 3. The van der Waals surface area contributed by atoms with Crippen LogP contribution in [0.15, 0.2) is 17.5 Å². The van der Waals surface area contributed by atoms with Crippen LogP contribution in [-0.2, 0) is 6.54 Å². The second-order valence-corrected chi connectivity index (χ2v) is 4.34. The molecular weight excluding hydrogens is 264 g/mol. The maximum absolute atomic E-state index is 5.37. The van der Waals surface area contributed by atoms with Crippen molar-refractivity contribution in [2.45, 2.75) is 6.54 Å². The maximum atomic E-state index is 5.37. The Hall–Kier alpha value is -1.95. The number of hydrogen-bond acceptors (Lipinski definition) is 6. The largest absolute Gasteiger partial charge is 0.496 e. The van der Waals surface area contributed by atoms with Crippen molar-refractivity contribution in [1.29, 1.82) is 0 Å². The van der Waals surface area contributed by atoms with Gasteiger partial charge in [0.15, 0.2) is 5.51 Å². The Labute approximate surface area is 116 Å². The summed E-state index contributed by atoms with van der Waals surface area (Å²) in [6.45, 7) is 0.550. The minimum absolute atomic E-state index is 0.550. The SMILES string of the molecule is COc1cc(OC)c(CNc2cs[c]n2)c(OC)c1. The van der Waals surface area contributed by atoms with Crippen molar-refractivity contribution in [1.82, 2.24) is 4.98 Å². The highest BCUT2D eigenvalue weighted by Gasteiger charge is 2.13. The van der Waals surface area contributed by atoms with Crippen LogP contribution < -0.4 is 19.5 Å². The summed E-state index contributed by atoms with van der Waals surface area (Å²) in [5.74, 6) is 2.90. The number of aromatic nitrogens is 1. The molecule has 101 valence electrons. The summed E-state index contributed by atoms with van der Waals surface area (Å²) in [5.41, 5.74) is 3.70. The molecule has 0 spiro atoms. The van der Waals surface area contributed by atoms with Crippen molar-refractivity contribution in [3.63, 3.8) is 0 Å². The van der Waals surface area contributed by atoms with Crippen LogP contribution in [0.5, 0.6) is 17.2 Å². The van der Waals surface area contributed by atoms with Crippen LogP contribution >= 0.6 is 11.3 Å². The Morgan fingerprint density at radius 3 is 2.32 bits per heavy atom. The molecule has 1 N–H and O–H groups in total. The van der Waals surface area contributed by atoms with E-state index in [1.165, 1.54) is 11.3 Å². The van der Waals surface area contributed by atoms with Gasteiger partial charge in [-0.05, 0) is 0 Å². The fourth-order valence-electron chi connectivity index (χ4n) is 1.70. The van der Waals surface area contributed by atoms with Crippen molar-refractivity contribution in [3.8, 4) is 17.2 Å². The zero-order valence-corrected chi connectivity index (χ0v) is 11.8. The second-order valence-electron chi connectivity index (χ2n) is 3.69. The van der Waals surface area contributed by atoms with Gasteiger partial charge in [0.1, 0.15) is 23.1 Å². The van der Waals surface area contributed by atoms with Gasteiger partial charge < -0.3 is 19.5 Å². The van der Waals surface area contributed by atoms with Gasteiger partial charge in [-0.1, -0.05) is 0 Å². The Balaban J connectivity index is 2.26. The highest BCUT2D eigenvalue weighted by Crippen LogP contribution is 2.34. The summed E-state index contributed by atoms with van der Waals surface area (Å²) in [6.07, 6.45) is 0. The number of rotatable bonds is 6. The fraction of sp³-hybridized carbons (Fsp3) is 0.308. The minimum atomic E-state index is 0.550. The van der Waals surface area contributed by atoms with Crippen LogP contribution in [0.2, 0.25) is 0 Å². The minimum Gasteiger partial charge on any atom is -0.496 e. The third-order valence-corrected chi connectivity index (χ3v) is 3.19. The third-order valence-electron chi connectivity index (χ3n) is 2.65. The molecule has 6 heteroatoms. The molecule has 2 aromatic rings. The molecular formula is C13H15N2O3S. The van der Waals surface area contributed by atoms with Crippen molar-refractivity contribution < 1.29 is 14.2 Å².